The van der Waals surface area contributed by atoms with Gasteiger partial charge in [-0.2, -0.15) is 0 Å². The summed E-state index contributed by atoms with van der Waals surface area (Å²) in [6.45, 7) is 12.9. The lowest BCUT2D eigenvalue weighted by Gasteiger charge is -2.34. The van der Waals surface area contributed by atoms with Crippen LogP contribution in [0.2, 0.25) is 5.02 Å². The maximum absolute atomic E-state index is 12.6. The lowest BCUT2D eigenvalue weighted by Crippen LogP contribution is -2.33. The number of benzene rings is 5. The fraction of sp³-hybridized carbons (Fsp3) is 0.190. The quantitative estimate of drug-likeness (QED) is 0.0520. The van der Waals surface area contributed by atoms with Crippen molar-refractivity contribution >= 4 is 196 Å². The van der Waals surface area contributed by atoms with Gasteiger partial charge in [-0.25, -0.2) is 49.8 Å². The number of carbonyl (C=O) groups is 4. The van der Waals surface area contributed by atoms with Crippen LogP contribution in [-0.2, 0) is 35.4 Å². The lowest BCUT2D eigenvalue weighted by molar-refractivity contribution is -0.118. The molecule has 0 amide bonds. The zero-order chi connectivity index (χ0) is 72.8. The van der Waals surface area contributed by atoms with Gasteiger partial charge in [-0.1, -0.05) is 108 Å². The number of carbonyl (C=O) groups excluding carboxylic acids is 4. The Hall–Kier alpha value is -9.83. The molecular weight excluding hydrogens is 1470 g/mol. The van der Waals surface area contributed by atoms with Crippen LogP contribution in [0, 0.1) is 0 Å². The minimum atomic E-state index is -0.237. The van der Waals surface area contributed by atoms with Gasteiger partial charge < -0.3 is 20.4 Å². The molecular formula is C79H69ClN14O4S7. The van der Waals surface area contributed by atoms with Gasteiger partial charge >= 0.3 is 0 Å². The molecule has 0 spiro atoms. The van der Waals surface area contributed by atoms with Gasteiger partial charge in [0.2, 0.25) is 0 Å². The van der Waals surface area contributed by atoms with Gasteiger partial charge in [-0.3, -0.25) is 19.2 Å². The average molecular weight is 1540 g/mol. The summed E-state index contributed by atoms with van der Waals surface area (Å²) in [5, 5.41) is 23.3. The van der Waals surface area contributed by atoms with E-state index in [4.69, 9.17) is 11.6 Å². The highest BCUT2D eigenvalue weighted by Gasteiger charge is 2.28. The highest BCUT2D eigenvalue weighted by atomic mass is 35.5. The van der Waals surface area contributed by atoms with E-state index in [9.17, 15) is 19.2 Å². The second-order valence-corrected chi connectivity index (χ2v) is 32.1. The summed E-state index contributed by atoms with van der Waals surface area (Å²) >= 11 is 17.1. The number of hydrogen-bond donors (Lipinski definition) is 2. The first-order valence-corrected chi connectivity index (χ1v) is 40.1. The van der Waals surface area contributed by atoms with E-state index in [1.165, 1.54) is 77.1 Å². The predicted molar refractivity (Wildman–Crippen MR) is 435 cm³/mol. The highest BCUT2D eigenvalue weighted by Crippen LogP contribution is 2.39. The Morgan fingerprint density at radius 3 is 1.79 bits per heavy atom. The Kier molecular flexibility index (Phi) is 24.4. The Morgan fingerprint density at radius 2 is 1.10 bits per heavy atom. The molecule has 0 radical (unpaired) electrons. The molecule has 12 heterocycles. The number of rotatable bonds is 16. The third kappa shape index (κ3) is 18.3. The van der Waals surface area contributed by atoms with E-state index in [-0.39, 0.29) is 33.6 Å². The van der Waals surface area contributed by atoms with E-state index in [2.05, 4.69) is 136 Å². The zero-order valence-electron chi connectivity index (χ0n) is 57.6. The lowest BCUT2D eigenvalue weighted by atomic mass is 10.0. The first-order valence-electron chi connectivity index (χ1n) is 33.6. The normalized spacial score (nSPS) is 13.6. The molecule has 0 saturated carbocycles. The molecule has 0 fully saturated rings. The molecule has 15 aromatic rings. The molecule has 0 aliphatic carbocycles. The number of aromatic nitrogens is 10. The molecule has 18 nitrogen and oxygen atoms in total. The monoisotopic (exact) mass is 1540 g/mol. The number of ketones is 4. The van der Waals surface area contributed by atoms with Gasteiger partial charge in [-0.15, -0.1) is 56.7 Å². The van der Waals surface area contributed by atoms with Crippen molar-refractivity contribution in [1.82, 2.24) is 49.8 Å². The first kappa shape index (κ1) is 73.5. The SMILES string of the molecule is CC(=O)c1cccc(CC(=O)C(C)Sc2ncnc3ccccc23)c1.CC(=O)c1cccc(CC(=O)C(C)Sc2ncnc3ccsc23)c1.CC1c2ccsc2CCN1c1ncnc2sccc12.Clc1ccc(Nc2ncnc3sccc23)cc1.c1ccc2c(c1)CN(c1ncnc3sccc13)CCN2. The van der Waals surface area contributed by atoms with Crippen molar-refractivity contribution in [1.29, 1.82) is 0 Å². The van der Waals surface area contributed by atoms with Crippen molar-refractivity contribution in [3.8, 4) is 0 Å². The fourth-order valence-corrected chi connectivity index (χ4v) is 18.0. The van der Waals surface area contributed by atoms with Crippen LogP contribution in [0.5, 0.6) is 0 Å². The number of hydrogen-bond acceptors (Lipinski definition) is 25. The van der Waals surface area contributed by atoms with E-state index in [1.807, 2.05) is 121 Å². The van der Waals surface area contributed by atoms with Crippen LogP contribution >= 0.6 is 91.8 Å². The molecule has 3 atom stereocenters. The smallest absolute Gasteiger partial charge is 0.159 e. The van der Waals surface area contributed by atoms with Crippen LogP contribution in [0.3, 0.4) is 0 Å². The summed E-state index contributed by atoms with van der Waals surface area (Å²) in [4.78, 5) is 101. The highest BCUT2D eigenvalue weighted by molar-refractivity contribution is 8.01. The second-order valence-electron chi connectivity index (χ2n) is 24.4. The van der Waals surface area contributed by atoms with Crippen LogP contribution in [0.15, 0.2) is 220 Å². The van der Waals surface area contributed by atoms with Crippen molar-refractivity contribution < 1.29 is 19.2 Å². The Labute approximate surface area is 640 Å². The average Bonchev–Trinajstić information content (AvgIpc) is 1.54. The molecule has 0 bridgehead atoms. The van der Waals surface area contributed by atoms with Gasteiger partial charge in [0.05, 0.1) is 48.4 Å². The summed E-state index contributed by atoms with van der Waals surface area (Å²) in [6.07, 6.45) is 9.71. The van der Waals surface area contributed by atoms with Crippen LogP contribution in [-0.4, -0.2) is 103 Å². The summed E-state index contributed by atoms with van der Waals surface area (Å²) in [6, 6.07) is 49.1. The van der Waals surface area contributed by atoms with Crippen molar-refractivity contribution in [3.63, 3.8) is 0 Å². The molecule has 3 unspecified atom stereocenters. The third-order valence-corrected chi connectivity index (χ3v) is 24.5. The van der Waals surface area contributed by atoms with Crippen molar-refractivity contribution in [2.45, 2.75) is 87.0 Å². The molecule has 5 aromatic carbocycles. The predicted octanol–water partition coefficient (Wildman–Crippen LogP) is 19.4. The molecule has 105 heavy (non-hydrogen) atoms. The van der Waals surface area contributed by atoms with Crippen molar-refractivity contribution in [2.24, 2.45) is 0 Å². The molecule has 2 aliphatic rings. The maximum Gasteiger partial charge on any atom is 0.159 e. The molecule has 2 N–H and O–H groups in total. The van der Waals surface area contributed by atoms with Gasteiger partial charge in [-0.05, 0) is 169 Å². The number of thiophene rings is 5. The molecule has 528 valence electrons. The molecule has 2 aliphatic heterocycles. The second kappa shape index (κ2) is 34.8. The number of nitrogens with zero attached hydrogens (tertiary/aromatic N) is 12. The summed E-state index contributed by atoms with van der Waals surface area (Å²) in [7, 11) is 0. The van der Waals surface area contributed by atoms with Crippen LogP contribution < -0.4 is 20.4 Å². The topological polar surface area (TPSA) is 228 Å². The van der Waals surface area contributed by atoms with Crippen LogP contribution in [0.25, 0.3) is 51.8 Å². The number of para-hydroxylation sites is 2. The molecule has 17 rings (SSSR count). The van der Waals surface area contributed by atoms with E-state index >= 15 is 0 Å². The number of anilines is 5. The standard InChI is InChI=1S/C20H18N2O2S.C18H16N2O2S2.C15H14N4S.C14H13N3S2.C12H8ClN3S/c1-13(23)16-7-5-6-15(10-16)11-19(24)14(2)25-20-17-8-3-4-9-18(17)21-12-22-20;1-11(21)14-5-3-4-13(8-14)9-16(22)12(2)24-18-17-15(6-7-23-17)19-10-20-18;1-2-4-13-11(3-1)9-19(7-6-16-13)14-12-5-8-20-15(12)18-10-17-14;1-9-10-3-6-18-12(10)2-5-17(9)13-11-4-7-19-14(11)16-8-15-13;13-8-1-3-9(4-2-8)16-11-10-5-6-17-12(10)15-7-14-11/h3-10,12,14H,11H2,1-2H3;3-8,10,12H,9H2,1-2H3;1-5,8,10,16H,6-7,9H2;3-4,6-9H,2,5H2,1H3;1-7H,(H,14,15,16). The van der Waals surface area contributed by atoms with Crippen LogP contribution in [0.1, 0.15) is 88.5 Å². The van der Waals surface area contributed by atoms with Crippen LogP contribution in [0.4, 0.5) is 28.8 Å². The number of Topliss-reactive ketones (excluding diaryl/α,β-unsaturated/α-hetero) is 4. The Morgan fingerprint density at radius 1 is 0.543 bits per heavy atom. The number of nitrogens with one attached hydrogen (secondary N) is 2. The van der Waals surface area contributed by atoms with Crippen molar-refractivity contribution in [2.75, 3.05) is 40.1 Å². The first-order chi connectivity index (χ1) is 51.2. The van der Waals surface area contributed by atoms with E-state index in [1.54, 1.807) is 88.6 Å². The third-order valence-electron chi connectivity index (χ3n) is 17.4. The van der Waals surface area contributed by atoms with E-state index in [0.717, 1.165) is 128 Å². The number of fused-ring (bicyclic) bond motifs is 7. The summed E-state index contributed by atoms with van der Waals surface area (Å²) < 4.78 is 1.01. The van der Waals surface area contributed by atoms with Gasteiger partial charge in [0.1, 0.15) is 85.2 Å². The minimum Gasteiger partial charge on any atom is -0.383 e. The zero-order valence-corrected chi connectivity index (χ0v) is 64.1. The Bertz CT molecular complexity index is 5550. The number of halogens is 1. The van der Waals surface area contributed by atoms with Gasteiger partial charge in [0.25, 0.3) is 0 Å². The minimum absolute atomic E-state index is 0.00387. The summed E-state index contributed by atoms with van der Waals surface area (Å²) in [5.74, 6) is 3.17. The van der Waals surface area contributed by atoms with Gasteiger partial charge in [0, 0.05) is 76.8 Å². The largest absolute Gasteiger partial charge is 0.383 e. The van der Waals surface area contributed by atoms with Gasteiger partial charge in [0.15, 0.2) is 11.6 Å². The molecule has 0 saturated heterocycles. The van der Waals surface area contributed by atoms with E-state index < -0.39 is 0 Å². The maximum atomic E-state index is 12.6. The summed E-state index contributed by atoms with van der Waals surface area (Å²) in [5.41, 5.74) is 9.72. The molecule has 10 aromatic heterocycles. The number of thioether (sulfide) groups is 2. The van der Waals surface area contributed by atoms with E-state index in [0.29, 0.717) is 30.0 Å². The fourth-order valence-electron chi connectivity index (χ4n) is 11.9. The van der Waals surface area contributed by atoms with Crippen molar-refractivity contribution in [3.05, 3.63) is 253 Å². The molecule has 26 heteroatoms. The Balaban J connectivity index is 0.000000117.